The number of nitrogens with zero attached hydrogens (tertiary/aromatic N) is 2. The molecule has 25 heavy (non-hydrogen) atoms. The van der Waals surface area contributed by atoms with Crippen LogP contribution in [0.15, 0.2) is 22.7 Å². The van der Waals surface area contributed by atoms with Gasteiger partial charge in [0.1, 0.15) is 28.9 Å². The van der Waals surface area contributed by atoms with Gasteiger partial charge in [0.15, 0.2) is 5.76 Å². The van der Waals surface area contributed by atoms with Crippen LogP contribution in [-0.4, -0.2) is 23.5 Å². The molecular weight excluding hydrogens is 332 g/mol. The summed E-state index contributed by atoms with van der Waals surface area (Å²) < 4.78 is 31.8. The Morgan fingerprint density at radius 1 is 1.36 bits per heavy atom. The predicted octanol–water partition coefficient (Wildman–Crippen LogP) is 2.82. The van der Waals surface area contributed by atoms with Crippen molar-refractivity contribution in [2.24, 2.45) is 5.92 Å². The number of aromatic nitrogens is 1. The molecule has 1 aliphatic rings. The molecule has 1 N–H and O–H groups in total. The van der Waals surface area contributed by atoms with Crippen LogP contribution in [0.4, 0.5) is 20.2 Å². The van der Waals surface area contributed by atoms with Gasteiger partial charge in [-0.15, -0.1) is 0 Å². The summed E-state index contributed by atoms with van der Waals surface area (Å²) in [4.78, 5) is 26.2. The lowest BCUT2D eigenvalue weighted by Crippen LogP contribution is -2.33. The third-order valence-electron chi connectivity index (χ3n) is 4.18. The normalized spacial score (nSPS) is 17.2. The number of hydrogen-bond donors (Lipinski definition) is 1. The molecular formula is C17H17F2N3O3. The summed E-state index contributed by atoms with van der Waals surface area (Å²) >= 11 is 0. The number of aryl methyl sites for hydroxylation is 2. The third kappa shape index (κ3) is 3.24. The van der Waals surface area contributed by atoms with E-state index >= 15 is 0 Å². The molecule has 2 amide bonds. The molecule has 2 aromatic rings. The smallest absolute Gasteiger partial charge is 0.239 e. The van der Waals surface area contributed by atoms with Crippen molar-refractivity contribution >= 4 is 23.2 Å². The van der Waals surface area contributed by atoms with E-state index in [0.29, 0.717) is 23.6 Å². The molecule has 2 heterocycles. The SMILES string of the molecule is CCc1onc(C)c1NC(=O)C1CCN(c2cc(F)cc(F)c2)C1=O. The van der Waals surface area contributed by atoms with Crippen LogP contribution in [0.3, 0.4) is 0 Å². The van der Waals surface area contributed by atoms with Crippen LogP contribution >= 0.6 is 0 Å². The Bertz CT molecular complexity index is 814. The highest BCUT2D eigenvalue weighted by atomic mass is 19.1. The van der Waals surface area contributed by atoms with E-state index < -0.39 is 29.4 Å². The van der Waals surface area contributed by atoms with Gasteiger partial charge in [-0.25, -0.2) is 8.78 Å². The fourth-order valence-corrected chi connectivity index (χ4v) is 2.90. The molecule has 0 radical (unpaired) electrons. The zero-order valence-electron chi connectivity index (χ0n) is 13.8. The lowest BCUT2D eigenvalue weighted by molar-refractivity contribution is -0.129. The van der Waals surface area contributed by atoms with Gasteiger partial charge in [-0.2, -0.15) is 0 Å². The van der Waals surface area contributed by atoms with Gasteiger partial charge in [0.05, 0.1) is 0 Å². The van der Waals surface area contributed by atoms with Gasteiger partial charge >= 0.3 is 0 Å². The molecule has 0 bridgehead atoms. The van der Waals surface area contributed by atoms with Crippen LogP contribution in [0.25, 0.3) is 0 Å². The molecule has 1 aromatic carbocycles. The minimum Gasteiger partial charge on any atom is -0.359 e. The highest BCUT2D eigenvalue weighted by molar-refractivity contribution is 6.13. The molecule has 0 aliphatic carbocycles. The molecule has 0 spiro atoms. The second-order valence-corrected chi connectivity index (χ2v) is 5.87. The fraction of sp³-hybridized carbons (Fsp3) is 0.353. The Morgan fingerprint density at radius 3 is 2.68 bits per heavy atom. The van der Waals surface area contributed by atoms with Crippen molar-refractivity contribution in [1.82, 2.24) is 5.16 Å². The van der Waals surface area contributed by atoms with Crippen molar-refractivity contribution in [3.63, 3.8) is 0 Å². The Labute approximate surface area is 142 Å². The van der Waals surface area contributed by atoms with Crippen molar-refractivity contribution in [3.05, 3.63) is 41.3 Å². The summed E-state index contributed by atoms with van der Waals surface area (Å²) in [5.74, 6) is -2.92. The largest absolute Gasteiger partial charge is 0.359 e. The standard InChI is InChI=1S/C17H17F2N3O3/c1-3-14-15(9(2)21-25-14)20-16(23)13-4-5-22(17(13)24)12-7-10(18)6-11(19)8-12/h6-8,13H,3-5H2,1-2H3,(H,20,23). The zero-order valence-corrected chi connectivity index (χ0v) is 13.8. The molecule has 1 atom stereocenters. The third-order valence-corrected chi connectivity index (χ3v) is 4.18. The molecule has 1 fully saturated rings. The molecule has 3 rings (SSSR count). The number of hydrogen-bond acceptors (Lipinski definition) is 4. The Hall–Kier alpha value is -2.77. The van der Waals surface area contributed by atoms with Crippen LogP contribution in [0.5, 0.6) is 0 Å². The summed E-state index contributed by atoms with van der Waals surface area (Å²) in [7, 11) is 0. The maximum atomic E-state index is 13.4. The molecule has 132 valence electrons. The number of carbonyl (C=O) groups is 2. The lowest BCUT2D eigenvalue weighted by Gasteiger charge is -2.17. The van der Waals surface area contributed by atoms with Crippen LogP contribution in [0.1, 0.15) is 24.8 Å². The van der Waals surface area contributed by atoms with Crippen LogP contribution < -0.4 is 10.2 Å². The Kier molecular flexibility index (Phi) is 4.52. The predicted molar refractivity (Wildman–Crippen MR) is 86.1 cm³/mol. The van der Waals surface area contributed by atoms with E-state index in [-0.39, 0.29) is 18.7 Å². The average molecular weight is 349 g/mol. The van der Waals surface area contributed by atoms with E-state index in [0.717, 1.165) is 18.2 Å². The van der Waals surface area contributed by atoms with E-state index in [1.165, 1.54) is 4.90 Å². The summed E-state index contributed by atoms with van der Waals surface area (Å²) in [5, 5.41) is 6.49. The van der Waals surface area contributed by atoms with Crippen molar-refractivity contribution in [2.45, 2.75) is 26.7 Å². The number of halogens is 2. The number of carbonyl (C=O) groups excluding carboxylic acids is 2. The van der Waals surface area contributed by atoms with Gasteiger partial charge in [0.25, 0.3) is 0 Å². The number of anilines is 2. The first-order valence-corrected chi connectivity index (χ1v) is 7.94. The van der Waals surface area contributed by atoms with Gasteiger partial charge < -0.3 is 14.7 Å². The zero-order chi connectivity index (χ0) is 18.1. The topological polar surface area (TPSA) is 75.4 Å². The van der Waals surface area contributed by atoms with Crippen molar-refractivity contribution < 1.29 is 22.9 Å². The first-order valence-electron chi connectivity index (χ1n) is 7.94. The molecule has 8 heteroatoms. The first-order chi connectivity index (χ1) is 11.9. The molecule has 0 saturated carbocycles. The second-order valence-electron chi connectivity index (χ2n) is 5.87. The summed E-state index contributed by atoms with van der Waals surface area (Å²) in [6.45, 7) is 3.76. The monoisotopic (exact) mass is 349 g/mol. The van der Waals surface area contributed by atoms with Crippen LogP contribution in [0, 0.1) is 24.5 Å². The van der Waals surface area contributed by atoms with Crippen molar-refractivity contribution in [2.75, 3.05) is 16.8 Å². The van der Waals surface area contributed by atoms with Crippen LogP contribution in [-0.2, 0) is 16.0 Å². The lowest BCUT2D eigenvalue weighted by atomic mass is 10.1. The van der Waals surface area contributed by atoms with E-state index in [1.54, 1.807) is 6.92 Å². The number of amides is 2. The highest BCUT2D eigenvalue weighted by Gasteiger charge is 2.38. The maximum Gasteiger partial charge on any atom is 0.239 e. The van der Waals surface area contributed by atoms with E-state index in [4.69, 9.17) is 4.52 Å². The van der Waals surface area contributed by atoms with E-state index in [1.807, 2.05) is 6.92 Å². The Balaban J connectivity index is 1.77. The van der Waals surface area contributed by atoms with E-state index in [2.05, 4.69) is 10.5 Å². The summed E-state index contributed by atoms with van der Waals surface area (Å²) in [6, 6.07) is 2.87. The average Bonchev–Trinajstić information content (AvgIpc) is 3.10. The molecule has 1 aromatic heterocycles. The maximum absolute atomic E-state index is 13.4. The van der Waals surface area contributed by atoms with Gasteiger partial charge in [0.2, 0.25) is 11.8 Å². The van der Waals surface area contributed by atoms with Crippen LogP contribution in [0.2, 0.25) is 0 Å². The molecule has 1 saturated heterocycles. The quantitative estimate of drug-likeness (QED) is 0.861. The molecule has 1 aliphatic heterocycles. The van der Waals surface area contributed by atoms with Gasteiger partial charge in [-0.3, -0.25) is 9.59 Å². The number of nitrogens with one attached hydrogen (secondary N) is 1. The summed E-state index contributed by atoms with van der Waals surface area (Å²) in [5.41, 5.74) is 1.10. The second kappa shape index (κ2) is 6.62. The van der Waals surface area contributed by atoms with Crippen molar-refractivity contribution in [1.29, 1.82) is 0 Å². The number of rotatable bonds is 4. The van der Waals surface area contributed by atoms with Crippen molar-refractivity contribution in [3.8, 4) is 0 Å². The number of benzene rings is 1. The van der Waals surface area contributed by atoms with Gasteiger partial charge in [0, 0.05) is 24.7 Å². The molecule has 1 unspecified atom stereocenters. The molecule has 6 nitrogen and oxygen atoms in total. The fourth-order valence-electron chi connectivity index (χ4n) is 2.90. The van der Waals surface area contributed by atoms with Gasteiger partial charge in [-0.1, -0.05) is 12.1 Å². The minimum absolute atomic E-state index is 0.105. The van der Waals surface area contributed by atoms with E-state index in [9.17, 15) is 18.4 Å². The highest BCUT2D eigenvalue weighted by Crippen LogP contribution is 2.28. The van der Waals surface area contributed by atoms with Gasteiger partial charge in [-0.05, 0) is 25.5 Å². The summed E-state index contributed by atoms with van der Waals surface area (Å²) in [6.07, 6.45) is 0.804. The minimum atomic E-state index is -0.926. The first kappa shape index (κ1) is 17.1. The Morgan fingerprint density at radius 2 is 2.04 bits per heavy atom.